The van der Waals surface area contributed by atoms with E-state index in [-0.39, 0.29) is 0 Å². The zero-order valence-corrected chi connectivity index (χ0v) is 15.5. The average molecular weight is 301 g/mol. The lowest BCUT2D eigenvalue weighted by atomic mass is 9.95. The minimum absolute atomic E-state index is 0.640. The van der Waals surface area contributed by atoms with Crippen LogP contribution in [0.3, 0.4) is 0 Å². The van der Waals surface area contributed by atoms with E-state index in [1.807, 2.05) is 0 Å². The normalized spacial score (nSPS) is 13.6. The van der Waals surface area contributed by atoms with Crippen LogP contribution in [0.25, 0.3) is 0 Å². The standard InChI is InChI=1S/C22H36/c1-6-19(4)11-9-12-20(5)10-7-8-13-21-14-16-22(17-15-21)18(2)3/h6,14-18,20H,7-13H2,1-5H3. The van der Waals surface area contributed by atoms with Gasteiger partial charge in [-0.15, -0.1) is 0 Å². The van der Waals surface area contributed by atoms with Gasteiger partial charge in [-0.1, -0.05) is 75.9 Å². The van der Waals surface area contributed by atoms with Crippen LogP contribution in [0.15, 0.2) is 35.9 Å². The van der Waals surface area contributed by atoms with Crippen molar-refractivity contribution in [2.24, 2.45) is 5.92 Å². The molecule has 0 heteroatoms. The second-order valence-electron chi connectivity index (χ2n) is 7.27. The highest BCUT2D eigenvalue weighted by Crippen LogP contribution is 2.19. The first-order valence-corrected chi connectivity index (χ1v) is 9.23. The van der Waals surface area contributed by atoms with E-state index < -0.39 is 0 Å². The van der Waals surface area contributed by atoms with Gasteiger partial charge in [0.15, 0.2) is 0 Å². The molecule has 0 spiro atoms. The Kier molecular flexibility index (Phi) is 9.20. The molecule has 0 aliphatic heterocycles. The Balaban J connectivity index is 2.14. The SMILES string of the molecule is CC=C(C)CCCC(C)CCCCc1ccc(C(C)C)cc1. The van der Waals surface area contributed by atoms with E-state index in [1.165, 1.54) is 61.6 Å². The lowest BCUT2D eigenvalue weighted by Crippen LogP contribution is -1.96. The molecule has 1 aromatic rings. The van der Waals surface area contributed by atoms with Gasteiger partial charge in [-0.2, -0.15) is 0 Å². The predicted octanol–water partition coefficient (Wildman–Crippen LogP) is 7.30. The van der Waals surface area contributed by atoms with Crippen LogP contribution in [0.4, 0.5) is 0 Å². The van der Waals surface area contributed by atoms with Crippen LogP contribution in [0.5, 0.6) is 0 Å². The maximum Gasteiger partial charge on any atom is -0.0219 e. The first-order valence-electron chi connectivity index (χ1n) is 9.23. The molecule has 1 unspecified atom stereocenters. The number of unbranched alkanes of at least 4 members (excludes halogenated alkanes) is 1. The Bertz CT molecular complexity index is 422. The van der Waals surface area contributed by atoms with Gasteiger partial charge in [0.1, 0.15) is 0 Å². The van der Waals surface area contributed by atoms with Crippen molar-refractivity contribution in [2.75, 3.05) is 0 Å². The number of allylic oxidation sites excluding steroid dienone is 2. The predicted molar refractivity (Wildman–Crippen MR) is 101 cm³/mol. The van der Waals surface area contributed by atoms with Gasteiger partial charge in [-0.3, -0.25) is 0 Å². The van der Waals surface area contributed by atoms with Gasteiger partial charge in [0.25, 0.3) is 0 Å². The maximum absolute atomic E-state index is 2.42. The van der Waals surface area contributed by atoms with Crippen LogP contribution in [0, 0.1) is 5.92 Å². The van der Waals surface area contributed by atoms with Crippen LogP contribution >= 0.6 is 0 Å². The molecular weight excluding hydrogens is 264 g/mol. The minimum Gasteiger partial charge on any atom is -0.0887 e. The molecule has 0 heterocycles. The molecule has 0 fully saturated rings. The van der Waals surface area contributed by atoms with Crippen molar-refractivity contribution in [3.8, 4) is 0 Å². The minimum atomic E-state index is 0.640. The summed E-state index contributed by atoms with van der Waals surface area (Å²) in [6.45, 7) is 11.3. The molecule has 0 amide bonds. The van der Waals surface area contributed by atoms with Gasteiger partial charge in [-0.25, -0.2) is 0 Å². The van der Waals surface area contributed by atoms with Crippen molar-refractivity contribution in [1.29, 1.82) is 0 Å². The molecule has 0 radical (unpaired) electrons. The van der Waals surface area contributed by atoms with Gasteiger partial charge >= 0.3 is 0 Å². The van der Waals surface area contributed by atoms with Crippen molar-refractivity contribution in [3.05, 3.63) is 47.0 Å². The number of aryl methyl sites for hydroxylation is 1. The molecule has 0 aromatic heterocycles. The number of benzene rings is 1. The highest BCUT2D eigenvalue weighted by molar-refractivity contribution is 5.24. The third-order valence-corrected chi connectivity index (χ3v) is 4.82. The number of rotatable bonds is 10. The zero-order chi connectivity index (χ0) is 16.4. The van der Waals surface area contributed by atoms with Crippen molar-refractivity contribution in [2.45, 2.75) is 85.5 Å². The summed E-state index contributed by atoms with van der Waals surface area (Å²) in [6, 6.07) is 9.23. The molecule has 0 N–H and O–H groups in total. The summed E-state index contributed by atoms with van der Waals surface area (Å²) in [6.07, 6.45) is 11.6. The van der Waals surface area contributed by atoms with E-state index in [0.29, 0.717) is 5.92 Å². The molecule has 0 saturated carbocycles. The highest BCUT2D eigenvalue weighted by Gasteiger charge is 2.03. The average Bonchev–Trinajstić information content (AvgIpc) is 2.51. The fourth-order valence-corrected chi connectivity index (χ4v) is 2.91. The third kappa shape index (κ3) is 7.82. The monoisotopic (exact) mass is 300 g/mol. The van der Waals surface area contributed by atoms with Gasteiger partial charge in [0, 0.05) is 0 Å². The van der Waals surface area contributed by atoms with E-state index >= 15 is 0 Å². The fraction of sp³-hybridized carbons (Fsp3) is 0.636. The Labute approximate surface area is 139 Å². The number of hydrogen-bond donors (Lipinski definition) is 0. The summed E-state index contributed by atoms with van der Waals surface area (Å²) >= 11 is 0. The number of hydrogen-bond acceptors (Lipinski definition) is 0. The highest BCUT2D eigenvalue weighted by atomic mass is 14.1. The van der Waals surface area contributed by atoms with Crippen LogP contribution in [-0.4, -0.2) is 0 Å². The molecule has 0 aliphatic carbocycles. The van der Waals surface area contributed by atoms with E-state index in [0.717, 1.165) is 5.92 Å². The summed E-state index contributed by atoms with van der Waals surface area (Å²) in [7, 11) is 0. The zero-order valence-electron chi connectivity index (χ0n) is 15.5. The largest absolute Gasteiger partial charge is 0.0887 e. The smallest absolute Gasteiger partial charge is 0.0219 e. The first kappa shape index (κ1) is 19.0. The lowest BCUT2D eigenvalue weighted by Gasteiger charge is -2.11. The Hall–Kier alpha value is -1.04. The van der Waals surface area contributed by atoms with Crippen molar-refractivity contribution < 1.29 is 0 Å². The van der Waals surface area contributed by atoms with Gasteiger partial charge < -0.3 is 0 Å². The molecule has 22 heavy (non-hydrogen) atoms. The van der Waals surface area contributed by atoms with Gasteiger partial charge in [0.2, 0.25) is 0 Å². The summed E-state index contributed by atoms with van der Waals surface area (Å²) < 4.78 is 0. The maximum atomic E-state index is 2.42. The Morgan fingerprint density at radius 2 is 1.59 bits per heavy atom. The molecule has 1 aromatic carbocycles. The van der Waals surface area contributed by atoms with E-state index in [9.17, 15) is 0 Å². The first-order chi connectivity index (χ1) is 10.5. The van der Waals surface area contributed by atoms with Gasteiger partial charge in [-0.05, 0) is 62.5 Å². The summed E-state index contributed by atoms with van der Waals surface area (Å²) in [4.78, 5) is 0. The summed E-state index contributed by atoms with van der Waals surface area (Å²) in [5.41, 5.74) is 4.49. The van der Waals surface area contributed by atoms with Crippen LogP contribution in [0.2, 0.25) is 0 Å². The van der Waals surface area contributed by atoms with E-state index in [2.05, 4.69) is 65.0 Å². The second kappa shape index (κ2) is 10.6. The van der Waals surface area contributed by atoms with Crippen LogP contribution in [0.1, 0.15) is 90.2 Å². The fourth-order valence-electron chi connectivity index (χ4n) is 2.91. The van der Waals surface area contributed by atoms with E-state index in [4.69, 9.17) is 0 Å². The molecule has 1 rings (SSSR count). The Morgan fingerprint density at radius 1 is 0.955 bits per heavy atom. The van der Waals surface area contributed by atoms with Crippen molar-refractivity contribution in [3.63, 3.8) is 0 Å². The molecule has 0 bridgehead atoms. The Morgan fingerprint density at radius 3 is 2.18 bits per heavy atom. The van der Waals surface area contributed by atoms with Crippen LogP contribution in [-0.2, 0) is 6.42 Å². The topological polar surface area (TPSA) is 0 Å². The summed E-state index contributed by atoms with van der Waals surface area (Å²) in [5.74, 6) is 1.52. The molecule has 0 nitrogen and oxygen atoms in total. The third-order valence-electron chi connectivity index (χ3n) is 4.82. The second-order valence-corrected chi connectivity index (χ2v) is 7.27. The molecule has 0 aliphatic rings. The van der Waals surface area contributed by atoms with Crippen molar-refractivity contribution in [1.82, 2.24) is 0 Å². The molecule has 124 valence electrons. The van der Waals surface area contributed by atoms with Gasteiger partial charge in [0.05, 0.1) is 0 Å². The lowest BCUT2D eigenvalue weighted by molar-refractivity contribution is 0.452. The molecule has 0 saturated heterocycles. The molecule has 1 atom stereocenters. The summed E-state index contributed by atoms with van der Waals surface area (Å²) in [5, 5.41) is 0. The van der Waals surface area contributed by atoms with E-state index in [1.54, 1.807) is 0 Å². The van der Waals surface area contributed by atoms with Crippen molar-refractivity contribution >= 4 is 0 Å². The quantitative estimate of drug-likeness (QED) is 0.314. The van der Waals surface area contributed by atoms with Crippen LogP contribution < -0.4 is 0 Å². The molecular formula is C22H36.